The van der Waals surface area contributed by atoms with E-state index in [0.29, 0.717) is 76.9 Å². The van der Waals surface area contributed by atoms with Gasteiger partial charge in [0.2, 0.25) is 0 Å². The van der Waals surface area contributed by atoms with Gasteiger partial charge < -0.3 is 25.2 Å². The molecule has 0 saturated carbocycles. The van der Waals surface area contributed by atoms with Crippen LogP contribution in [0.1, 0.15) is 63.4 Å². The number of nitrogens with two attached hydrogens (primary N) is 1. The number of hydrogen-bond donors (Lipinski definition) is 2. The van der Waals surface area contributed by atoms with Gasteiger partial charge in [-0.3, -0.25) is 4.79 Å². The van der Waals surface area contributed by atoms with Crippen molar-refractivity contribution in [2.45, 2.75) is 59.5 Å². The minimum absolute atomic E-state index is 0.0658. The van der Waals surface area contributed by atoms with Gasteiger partial charge in [0.25, 0.3) is 0 Å². The zero-order valence-corrected chi connectivity index (χ0v) is 24.5. The van der Waals surface area contributed by atoms with Crippen molar-refractivity contribution in [3.05, 3.63) is 45.9 Å². The van der Waals surface area contributed by atoms with Gasteiger partial charge in [-0.15, -0.1) is 0 Å². The molecule has 3 N–H and O–H groups in total. The Hall–Kier alpha value is -3.61. The van der Waals surface area contributed by atoms with Crippen LogP contribution in [0.4, 0.5) is 4.79 Å². The molecule has 1 aliphatic rings. The Kier molecular flexibility index (Phi) is 10.9. The zero-order valence-electron chi connectivity index (χ0n) is 23.7. The molecular weight excluding hydrogens is 532 g/mol. The van der Waals surface area contributed by atoms with Gasteiger partial charge in [-0.25, -0.2) is 14.8 Å². The standard InChI is InChI=1S/C30H37ClN4O5/c1-6-7-22(37)17-40-23-9-10-25(31)24(16-23)29-33-26(18(2)28(34-29)27(19(3)32)20(4)36)11-8-21-12-14-35(15-13-21)30(38)39-5/h9-10,16,21-22,37H,6-7,12-15,17,32H2,1-5H3/t22-/m1/s1. The third-order valence-corrected chi connectivity index (χ3v) is 7.02. The molecule has 3 rings (SSSR count). The Labute approximate surface area is 240 Å². The fraction of sp³-hybridized carbons (Fsp3) is 0.467. The summed E-state index contributed by atoms with van der Waals surface area (Å²) >= 11 is 6.58. The maximum atomic E-state index is 12.6. The lowest BCUT2D eigenvalue weighted by molar-refractivity contribution is -0.111. The number of amides is 1. The van der Waals surface area contributed by atoms with Crippen LogP contribution in [0.5, 0.6) is 5.75 Å². The van der Waals surface area contributed by atoms with Crippen LogP contribution in [0.2, 0.25) is 5.02 Å². The number of piperidine rings is 1. The van der Waals surface area contributed by atoms with Crippen LogP contribution < -0.4 is 10.5 Å². The first-order chi connectivity index (χ1) is 19.0. The van der Waals surface area contributed by atoms with E-state index < -0.39 is 6.10 Å². The Balaban J connectivity index is 2.04. The molecule has 2 aromatic rings. The van der Waals surface area contributed by atoms with Gasteiger partial charge in [-0.05, 0) is 64.2 Å². The number of aliphatic hydroxyl groups is 1. The van der Waals surface area contributed by atoms with E-state index in [0.717, 1.165) is 6.42 Å². The fourth-order valence-corrected chi connectivity index (χ4v) is 4.72. The highest BCUT2D eigenvalue weighted by Crippen LogP contribution is 2.32. The molecule has 214 valence electrons. The number of Topliss-reactive ketones (excluding diaryl/α,β-unsaturated/α-hetero) is 1. The molecule has 10 heteroatoms. The highest BCUT2D eigenvalue weighted by atomic mass is 35.5. The molecule has 1 amide bonds. The number of rotatable bonds is 8. The Morgan fingerprint density at radius 3 is 2.55 bits per heavy atom. The van der Waals surface area contributed by atoms with E-state index >= 15 is 0 Å². The molecule has 9 nitrogen and oxygen atoms in total. The molecule has 2 heterocycles. The topological polar surface area (TPSA) is 128 Å². The van der Waals surface area contributed by atoms with Crippen molar-refractivity contribution >= 4 is 29.1 Å². The summed E-state index contributed by atoms with van der Waals surface area (Å²) in [6.45, 7) is 8.16. The van der Waals surface area contributed by atoms with Crippen molar-refractivity contribution in [1.82, 2.24) is 14.9 Å². The van der Waals surface area contributed by atoms with Gasteiger partial charge >= 0.3 is 6.09 Å². The number of aromatic nitrogens is 2. The summed E-state index contributed by atoms with van der Waals surface area (Å²) in [7, 11) is 1.37. The molecular formula is C30H37ClN4O5. The van der Waals surface area contributed by atoms with Gasteiger partial charge in [0, 0.05) is 35.8 Å². The average molecular weight is 569 g/mol. The van der Waals surface area contributed by atoms with Gasteiger partial charge in [0.15, 0.2) is 11.6 Å². The first-order valence-corrected chi connectivity index (χ1v) is 13.7. The quantitative estimate of drug-likeness (QED) is 0.345. The molecule has 0 aliphatic carbocycles. The number of carbonyl (C=O) groups excluding carboxylic acids is 2. The van der Waals surface area contributed by atoms with Crippen LogP contribution in [0.15, 0.2) is 23.9 Å². The fourth-order valence-electron chi connectivity index (χ4n) is 4.51. The lowest BCUT2D eigenvalue weighted by Gasteiger charge is -2.28. The maximum absolute atomic E-state index is 12.6. The monoisotopic (exact) mass is 568 g/mol. The van der Waals surface area contributed by atoms with E-state index in [9.17, 15) is 14.7 Å². The van der Waals surface area contributed by atoms with Crippen molar-refractivity contribution in [2.75, 3.05) is 26.8 Å². The van der Waals surface area contributed by atoms with Crippen LogP contribution >= 0.6 is 11.6 Å². The number of benzene rings is 1. The minimum Gasteiger partial charge on any atom is -0.491 e. The summed E-state index contributed by atoms with van der Waals surface area (Å²) < 4.78 is 10.6. The number of ketones is 1. The van der Waals surface area contributed by atoms with Crippen LogP contribution in [-0.4, -0.2) is 64.8 Å². The van der Waals surface area contributed by atoms with Crippen LogP contribution in [0.3, 0.4) is 0 Å². The summed E-state index contributed by atoms with van der Waals surface area (Å²) in [6.07, 6.45) is 1.98. The number of likely N-dealkylation sites (tertiary alicyclic amines) is 1. The molecule has 1 fully saturated rings. The molecule has 0 bridgehead atoms. The van der Waals surface area contributed by atoms with E-state index in [-0.39, 0.29) is 30.2 Å². The van der Waals surface area contributed by atoms with Gasteiger partial charge in [0.1, 0.15) is 18.1 Å². The van der Waals surface area contributed by atoms with Crippen molar-refractivity contribution in [1.29, 1.82) is 0 Å². The second-order valence-electron chi connectivity index (χ2n) is 9.88. The van der Waals surface area contributed by atoms with Gasteiger partial charge in [-0.2, -0.15) is 0 Å². The number of hydrogen-bond acceptors (Lipinski definition) is 8. The zero-order chi connectivity index (χ0) is 29.4. The number of aliphatic hydroxyl groups excluding tert-OH is 1. The molecule has 1 aromatic heterocycles. The predicted octanol–water partition coefficient (Wildman–Crippen LogP) is 4.75. The lowest BCUT2D eigenvalue weighted by Crippen LogP contribution is -2.38. The lowest BCUT2D eigenvalue weighted by atomic mass is 9.96. The predicted molar refractivity (Wildman–Crippen MR) is 155 cm³/mol. The molecule has 1 aromatic carbocycles. The summed E-state index contributed by atoms with van der Waals surface area (Å²) in [4.78, 5) is 35.5. The van der Waals surface area contributed by atoms with Crippen molar-refractivity contribution in [2.24, 2.45) is 11.7 Å². The summed E-state index contributed by atoms with van der Waals surface area (Å²) in [5, 5.41) is 10.5. The van der Waals surface area contributed by atoms with Crippen LogP contribution in [0, 0.1) is 24.7 Å². The first kappa shape index (κ1) is 30.9. The van der Waals surface area contributed by atoms with Crippen molar-refractivity contribution in [3.8, 4) is 29.0 Å². The Morgan fingerprint density at radius 2 is 1.95 bits per heavy atom. The van der Waals surface area contributed by atoms with E-state index in [2.05, 4.69) is 11.8 Å². The van der Waals surface area contributed by atoms with Crippen molar-refractivity contribution < 1.29 is 24.2 Å². The third-order valence-electron chi connectivity index (χ3n) is 6.69. The first-order valence-electron chi connectivity index (χ1n) is 13.4. The minimum atomic E-state index is -0.580. The number of carbonyl (C=O) groups is 2. The smallest absolute Gasteiger partial charge is 0.409 e. The number of allylic oxidation sites excluding steroid dienone is 2. The van der Waals surface area contributed by atoms with Crippen LogP contribution in [-0.2, 0) is 9.53 Å². The molecule has 1 atom stereocenters. The summed E-state index contributed by atoms with van der Waals surface area (Å²) in [6, 6.07) is 5.10. The molecule has 1 aliphatic heterocycles. The molecule has 0 radical (unpaired) electrons. The largest absolute Gasteiger partial charge is 0.491 e. The highest BCUT2D eigenvalue weighted by molar-refractivity contribution is 6.33. The van der Waals surface area contributed by atoms with Gasteiger partial charge in [0.05, 0.1) is 29.5 Å². The Bertz CT molecular complexity index is 1340. The normalized spacial score (nSPS) is 15.0. The average Bonchev–Trinajstić information content (AvgIpc) is 2.92. The van der Waals surface area contributed by atoms with Gasteiger partial charge in [-0.1, -0.05) is 30.9 Å². The second kappa shape index (κ2) is 14.1. The second-order valence-corrected chi connectivity index (χ2v) is 10.3. The van der Waals surface area contributed by atoms with E-state index in [1.807, 2.05) is 13.8 Å². The van der Waals surface area contributed by atoms with Crippen molar-refractivity contribution in [3.63, 3.8) is 0 Å². The van der Waals surface area contributed by atoms with Crippen LogP contribution in [0.25, 0.3) is 17.0 Å². The molecule has 0 spiro atoms. The highest BCUT2D eigenvalue weighted by Gasteiger charge is 2.23. The number of nitrogens with zero attached hydrogens (tertiary/aromatic N) is 3. The number of methoxy groups -OCH3 is 1. The molecule has 1 saturated heterocycles. The number of ether oxygens (including phenoxy) is 2. The van der Waals surface area contributed by atoms with E-state index in [1.165, 1.54) is 14.0 Å². The van der Waals surface area contributed by atoms with E-state index in [4.69, 9.17) is 36.8 Å². The van der Waals surface area contributed by atoms with E-state index in [1.54, 1.807) is 30.0 Å². The summed E-state index contributed by atoms with van der Waals surface area (Å²) in [5.74, 6) is 7.10. The third kappa shape index (κ3) is 7.74. The maximum Gasteiger partial charge on any atom is 0.409 e. The molecule has 0 unspecified atom stereocenters. The number of halogens is 1. The summed E-state index contributed by atoms with van der Waals surface area (Å²) in [5.41, 5.74) is 8.72. The SMILES string of the molecule is CCC[C@@H](O)COc1ccc(Cl)c(-c2nc(C#CC3CCN(C(=O)OC)CC3)c(C)c(C(C(C)=O)=C(C)N)n2)c1. The molecule has 40 heavy (non-hydrogen) atoms. The Morgan fingerprint density at radius 1 is 1.25 bits per heavy atom.